The van der Waals surface area contributed by atoms with Crippen LogP contribution in [0.1, 0.15) is 24.1 Å². The van der Waals surface area contributed by atoms with Crippen molar-refractivity contribution in [2.45, 2.75) is 37.9 Å². The van der Waals surface area contributed by atoms with E-state index in [1.165, 1.54) is 10.5 Å². The number of aliphatic imine (C=N–C) groups is 1. The van der Waals surface area contributed by atoms with Crippen molar-refractivity contribution in [1.82, 2.24) is 25.0 Å². The lowest BCUT2D eigenvalue weighted by Gasteiger charge is -2.23. The van der Waals surface area contributed by atoms with E-state index in [0.717, 1.165) is 43.6 Å². The first-order valence-corrected chi connectivity index (χ1v) is 10.9. The maximum Gasteiger partial charge on any atom is 0.194 e. The van der Waals surface area contributed by atoms with Gasteiger partial charge in [0.15, 0.2) is 5.96 Å². The molecular formula is C21H28N6OS. The summed E-state index contributed by atoms with van der Waals surface area (Å²) in [5.41, 5.74) is 1.24. The molecule has 0 fully saturated rings. The quantitative estimate of drug-likeness (QED) is 0.330. The molecule has 154 valence electrons. The van der Waals surface area contributed by atoms with Gasteiger partial charge in [-0.3, -0.25) is 0 Å². The Morgan fingerprint density at radius 3 is 2.79 bits per heavy atom. The van der Waals surface area contributed by atoms with Crippen molar-refractivity contribution in [3.63, 3.8) is 0 Å². The molecule has 7 nitrogen and oxygen atoms in total. The third-order valence-electron chi connectivity index (χ3n) is 4.55. The normalized spacial score (nSPS) is 11.6. The van der Waals surface area contributed by atoms with E-state index in [4.69, 9.17) is 9.41 Å². The summed E-state index contributed by atoms with van der Waals surface area (Å²) in [7, 11) is 2.05. The number of aryl methyl sites for hydroxylation is 1. The van der Waals surface area contributed by atoms with Gasteiger partial charge in [-0.2, -0.15) is 0 Å². The monoisotopic (exact) mass is 412 g/mol. The summed E-state index contributed by atoms with van der Waals surface area (Å²) in [5.74, 6) is 2.67. The second-order valence-corrected chi connectivity index (χ2v) is 7.52. The summed E-state index contributed by atoms with van der Waals surface area (Å²) < 4.78 is 7.49. The van der Waals surface area contributed by atoms with E-state index in [1.54, 1.807) is 24.4 Å². The fourth-order valence-corrected chi connectivity index (χ4v) is 3.38. The number of nitrogens with zero attached hydrogens (tertiary/aromatic N) is 5. The lowest BCUT2D eigenvalue weighted by Crippen LogP contribution is -2.40. The van der Waals surface area contributed by atoms with Crippen LogP contribution >= 0.6 is 11.8 Å². The highest BCUT2D eigenvalue weighted by atomic mass is 32.2. The highest BCUT2D eigenvalue weighted by molar-refractivity contribution is 7.98. The topological polar surface area (TPSA) is 71.5 Å². The lowest BCUT2D eigenvalue weighted by atomic mass is 10.2. The third-order valence-corrected chi connectivity index (χ3v) is 5.30. The molecule has 0 atom stereocenters. The largest absolute Gasteiger partial charge is 0.467 e. The fourth-order valence-electron chi connectivity index (χ4n) is 2.97. The highest BCUT2D eigenvalue weighted by Crippen LogP contribution is 2.15. The van der Waals surface area contributed by atoms with Crippen molar-refractivity contribution in [2.75, 3.05) is 19.8 Å². The molecule has 0 aliphatic rings. The molecule has 0 amide bonds. The predicted molar refractivity (Wildman–Crippen MR) is 117 cm³/mol. The summed E-state index contributed by atoms with van der Waals surface area (Å²) in [5, 5.41) is 11.6. The van der Waals surface area contributed by atoms with E-state index in [-0.39, 0.29) is 0 Å². The first-order valence-electron chi connectivity index (χ1n) is 9.71. The standard InChI is InChI=1S/C21H28N6OS/c1-4-20-25-24-16-27(20)12-11-22-21(23-14-18-6-5-13-28-18)26(2)15-17-7-9-19(29-3)10-8-17/h5-10,13,16H,4,11-12,14-15H2,1-3H3,(H,22,23). The number of thioether (sulfide) groups is 1. The van der Waals surface area contributed by atoms with Crippen LogP contribution < -0.4 is 5.32 Å². The van der Waals surface area contributed by atoms with Gasteiger partial charge in [0.1, 0.15) is 24.5 Å². The van der Waals surface area contributed by atoms with Gasteiger partial charge in [-0.05, 0) is 36.1 Å². The summed E-state index contributed by atoms with van der Waals surface area (Å²) in [4.78, 5) is 8.15. The molecule has 2 heterocycles. The molecule has 2 aromatic heterocycles. The molecule has 0 saturated carbocycles. The Kier molecular flexibility index (Phi) is 7.75. The van der Waals surface area contributed by atoms with Gasteiger partial charge in [-0.15, -0.1) is 22.0 Å². The van der Waals surface area contributed by atoms with E-state index in [0.29, 0.717) is 6.54 Å². The van der Waals surface area contributed by atoms with E-state index in [1.807, 2.05) is 19.2 Å². The smallest absolute Gasteiger partial charge is 0.194 e. The van der Waals surface area contributed by atoms with Gasteiger partial charge in [0.2, 0.25) is 0 Å². The van der Waals surface area contributed by atoms with Crippen LogP contribution in [-0.2, 0) is 26.1 Å². The van der Waals surface area contributed by atoms with Gasteiger partial charge in [-0.25, -0.2) is 4.99 Å². The molecule has 0 aliphatic heterocycles. The minimum absolute atomic E-state index is 0.498. The van der Waals surface area contributed by atoms with Crippen LogP contribution in [0, 0.1) is 0 Å². The Morgan fingerprint density at radius 2 is 2.10 bits per heavy atom. The van der Waals surface area contributed by atoms with Gasteiger partial charge in [0.25, 0.3) is 0 Å². The first kappa shape index (κ1) is 21.0. The Bertz CT molecular complexity index is 888. The van der Waals surface area contributed by atoms with E-state index < -0.39 is 0 Å². The van der Waals surface area contributed by atoms with Crippen LogP contribution in [0.25, 0.3) is 0 Å². The Morgan fingerprint density at radius 1 is 1.28 bits per heavy atom. The number of hydrogen-bond acceptors (Lipinski definition) is 5. The van der Waals surface area contributed by atoms with Gasteiger partial charge in [0, 0.05) is 38.0 Å². The molecule has 29 heavy (non-hydrogen) atoms. The Hall–Kier alpha value is -2.74. The van der Waals surface area contributed by atoms with Crippen LogP contribution in [-0.4, -0.2) is 45.5 Å². The van der Waals surface area contributed by atoms with Crippen molar-refractivity contribution >= 4 is 17.7 Å². The van der Waals surface area contributed by atoms with Crippen LogP contribution in [0.5, 0.6) is 0 Å². The number of rotatable bonds is 9. The second-order valence-electron chi connectivity index (χ2n) is 6.64. The van der Waals surface area contributed by atoms with E-state index >= 15 is 0 Å². The molecule has 0 aliphatic carbocycles. The van der Waals surface area contributed by atoms with E-state index in [2.05, 4.69) is 62.4 Å². The number of benzene rings is 1. The molecule has 1 aromatic carbocycles. The summed E-state index contributed by atoms with van der Waals surface area (Å²) in [6.07, 6.45) is 6.40. The number of furan rings is 1. The minimum Gasteiger partial charge on any atom is -0.467 e. The van der Waals surface area contributed by atoms with Gasteiger partial charge in [0.05, 0.1) is 6.26 Å². The number of guanidine groups is 1. The summed E-state index contributed by atoms with van der Waals surface area (Å²) in [6.45, 7) is 4.87. The van der Waals surface area contributed by atoms with Gasteiger partial charge < -0.3 is 19.2 Å². The molecule has 0 unspecified atom stereocenters. The Labute approximate surface area is 176 Å². The zero-order chi connectivity index (χ0) is 20.5. The van der Waals surface area contributed by atoms with Crippen molar-refractivity contribution in [3.8, 4) is 0 Å². The average molecular weight is 413 g/mol. The van der Waals surface area contributed by atoms with Crippen molar-refractivity contribution < 1.29 is 4.42 Å². The number of nitrogens with one attached hydrogen (secondary N) is 1. The lowest BCUT2D eigenvalue weighted by molar-refractivity contribution is 0.464. The predicted octanol–water partition coefficient (Wildman–Crippen LogP) is 3.43. The molecule has 0 radical (unpaired) electrons. The minimum atomic E-state index is 0.498. The van der Waals surface area contributed by atoms with Gasteiger partial charge in [-0.1, -0.05) is 19.1 Å². The van der Waals surface area contributed by atoms with Crippen LogP contribution in [0.3, 0.4) is 0 Å². The van der Waals surface area contributed by atoms with Crippen molar-refractivity contribution in [3.05, 3.63) is 66.1 Å². The fraction of sp³-hybridized carbons (Fsp3) is 0.381. The molecule has 0 bridgehead atoms. The molecule has 0 spiro atoms. The first-order chi connectivity index (χ1) is 14.2. The molecule has 8 heteroatoms. The highest BCUT2D eigenvalue weighted by Gasteiger charge is 2.09. The molecule has 1 N–H and O–H groups in total. The second kappa shape index (κ2) is 10.7. The molecular weight excluding hydrogens is 384 g/mol. The zero-order valence-electron chi connectivity index (χ0n) is 17.2. The van der Waals surface area contributed by atoms with Crippen LogP contribution in [0.15, 0.2) is 63.3 Å². The third kappa shape index (κ3) is 6.12. The SMILES string of the molecule is CCc1nncn1CCNC(=NCc1ccco1)N(C)Cc1ccc(SC)cc1. The van der Waals surface area contributed by atoms with Crippen LogP contribution in [0.4, 0.5) is 0 Å². The van der Waals surface area contributed by atoms with Crippen molar-refractivity contribution in [2.24, 2.45) is 4.99 Å². The van der Waals surface area contributed by atoms with Crippen molar-refractivity contribution in [1.29, 1.82) is 0 Å². The summed E-state index contributed by atoms with van der Waals surface area (Å²) >= 11 is 1.75. The number of hydrogen-bond donors (Lipinski definition) is 1. The van der Waals surface area contributed by atoms with Crippen LogP contribution in [0.2, 0.25) is 0 Å². The summed E-state index contributed by atoms with van der Waals surface area (Å²) in [6, 6.07) is 12.5. The number of aromatic nitrogens is 3. The molecule has 3 rings (SSSR count). The maximum atomic E-state index is 5.42. The average Bonchev–Trinajstić information content (AvgIpc) is 3.42. The van der Waals surface area contributed by atoms with Gasteiger partial charge >= 0.3 is 0 Å². The maximum absolute atomic E-state index is 5.42. The van der Waals surface area contributed by atoms with E-state index in [9.17, 15) is 0 Å². The Balaban J connectivity index is 1.64. The molecule has 0 saturated heterocycles. The zero-order valence-corrected chi connectivity index (χ0v) is 18.0. The molecule has 3 aromatic rings.